The maximum Gasteiger partial charge on any atom is 0.173 e. The van der Waals surface area contributed by atoms with Crippen LogP contribution in [-0.2, 0) is 6.42 Å². The summed E-state index contributed by atoms with van der Waals surface area (Å²) in [5, 5.41) is 0. The molecule has 0 spiro atoms. The maximum absolute atomic E-state index is 4.47. The van der Waals surface area contributed by atoms with Crippen LogP contribution in [0.1, 0.15) is 31.2 Å². The van der Waals surface area contributed by atoms with Gasteiger partial charge in [-0.3, -0.25) is 4.98 Å². The molecule has 0 aromatic carbocycles. The molecule has 62 valence electrons. The average molecular weight is 161 g/mol. The van der Waals surface area contributed by atoms with Crippen LogP contribution in [0.3, 0.4) is 0 Å². The van der Waals surface area contributed by atoms with E-state index in [-0.39, 0.29) is 0 Å². The van der Waals surface area contributed by atoms with E-state index < -0.39 is 0 Å². The first-order valence-corrected chi connectivity index (χ1v) is 4.15. The van der Waals surface area contributed by atoms with Crippen LogP contribution in [0, 0.1) is 0 Å². The van der Waals surface area contributed by atoms with E-state index >= 15 is 0 Å². The van der Waals surface area contributed by atoms with E-state index in [0.717, 1.165) is 23.6 Å². The molecular formula is C9H11N3. The molecule has 0 saturated heterocycles. The van der Waals surface area contributed by atoms with Crippen LogP contribution in [-0.4, -0.2) is 16.2 Å². The van der Waals surface area contributed by atoms with Crippen molar-refractivity contribution in [1.82, 2.24) is 9.97 Å². The predicted molar refractivity (Wildman–Crippen MR) is 48.0 cm³/mol. The lowest BCUT2D eigenvalue weighted by Gasteiger charge is -2.04. The fourth-order valence-electron chi connectivity index (χ4n) is 1.18. The standard InChI is InChI=1S/C9H11N3/c1-6(2)8-5-11-9-7(12-8)3-4-10-9/h4-6H,3H2,1-2H3. The molecule has 0 saturated carbocycles. The van der Waals surface area contributed by atoms with Crippen LogP contribution in [0.15, 0.2) is 11.2 Å². The van der Waals surface area contributed by atoms with Crippen molar-refractivity contribution in [3.63, 3.8) is 0 Å². The molecule has 0 unspecified atom stereocenters. The molecule has 1 aliphatic heterocycles. The first kappa shape index (κ1) is 7.40. The van der Waals surface area contributed by atoms with Crippen molar-refractivity contribution >= 4 is 12.0 Å². The third kappa shape index (κ3) is 1.11. The van der Waals surface area contributed by atoms with Crippen molar-refractivity contribution in [1.29, 1.82) is 0 Å². The third-order valence-electron chi connectivity index (χ3n) is 1.93. The highest BCUT2D eigenvalue weighted by atomic mass is 15.0. The summed E-state index contributed by atoms with van der Waals surface area (Å²) in [6.07, 6.45) is 4.50. The Bertz CT molecular complexity index is 329. The maximum atomic E-state index is 4.47. The minimum atomic E-state index is 0.448. The van der Waals surface area contributed by atoms with E-state index in [1.54, 1.807) is 0 Å². The van der Waals surface area contributed by atoms with Gasteiger partial charge in [-0.25, -0.2) is 9.98 Å². The Morgan fingerprint density at radius 2 is 2.25 bits per heavy atom. The lowest BCUT2D eigenvalue weighted by atomic mass is 10.1. The summed E-state index contributed by atoms with van der Waals surface area (Å²) >= 11 is 0. The molecular weight excluding hydrogens is 150 g/mol. The number of rotatable bonds is 1. The molecule has 0 aliphatic carbocycles. The number of hydrogen-bond donors (Lipinski definition) is 0. The van der Waals surface area contributed by atoms with Gasteiger partial charge in [-0.15, -0.1) is 0 Å². The van der Waals surface area contributed by atoms with E-state index in [2.05, 4.69) is 28.8 Å². The SMILES string of the molecule is CC(C)c1cnc2c(n1)CC=N2. The van der Waals surface area contributed by atoms with Gasteiger partial charge >= 0.3 is 0 Å². The molecule has 1 aromatic rings. The lowest BCUT2D eigenvalue weighted by Crippen LogP contribution is -1.97. The lowest BCUT2D eigenvalue weighted by molar-refractivity contribution is 0.803. The van der Waals surface area contributed by atoms with Crippen LogP contribution in [0.5, 0.6) is 0 Å². The van der Waals surface area contributed by atoms with Crippen LogP contribution in [0.2, 0.25) is 0 Å². The van der Waals surface area contributed by atoms with Crippen molar-refractivity contribution < 1.29 is 0 Å². The second-order valence-corrected chi connectivity index (χ2v) is 3.24. The highest BCUT2D eigenvalue weighted by Gasteiger charge is 2.11. The Hall–Kier alpha value is -1.25. The van der Waals surface area contributed by atoms with Crippen LogP contribution < -0.4 is 0 Å². The van der Waals surface area contributed by atoms with Gasteiger partial charge in [0.2, 0.25) is 0 Å². The summed E-state index contributed by atoms with van der Waals surface area (Å²) in [6, 6.07) is 0. The number of hydrogen-bond acceptors (Lipinski definition) is 3. The fourth-order valence-corrected chi connectivity index (χ4v) is 1.18. The van der Waals surface area contributed by atoms with Gasteiger partial charge in [0, 0.05) is 12.6 Å². The second kappa shape index (κ2) is 2.66. The molecule has 0 bridgehead atoms. The summed E-state index contributed by atoms with van der Waals surface area (Å²) in [5.74, 6) is 1.24. The molecule has 3 nitrogen and oxygen atoms in total. The molecule has 1 aliphatic rings. The zero-order valence-electron chi connectivity index (χ0n) is 7.28. The summed E-state index contributed by atoms with van der Waals surface area (Å²) < 4.78 is 0. The highest BCUT2D eigenvalue weighted by molar-refractivity contribution is 5.72. The summed E-state index contributed by atoms with van der Waals surface area (Å²) in [6.45, 7) is 4.23. The van der Waals surface area contributed by atoms with E-state index in [9.17, 15) is 0 Å². The second-order valence-electron chi connectivity index (χ2n) is 3.24. The molecule has 12 heavy (non-hydrogen) atoms. The smallest absolute Gasteiger partial charge is 0.173 e. The largest absolute Gasteiger partial charge is 0.252 e. The average Bonchev–Trinajstić information content (AvgIpc) is 2.49. The van der Waals surface area contributed by atoms with Gasteiger partial charge in [-0.2, -0.15) is 0 Å². The van der Waals surface area contributed by atoms with Gasteiger partial charge in [0.15, 0.2) is 5.82 Å². The van der Waals surface area contributed by atoms with Gasteiger partial charge in [0.1, 0.15) is 0 Å². The summed E-state index contributed by atoms with van der Waals surface area (Å²) in [5.41, 5.74) is 2.07. The molecule has 2 heterocycles. The highest BCUT2D eigenvalue weighted by Crippen LogP contribution is 2.21. The van der Waals surface area contributed by atoms with E-state index in [0.29, 0.717) is 5.92 Å². The molecule has 0 atom stereocenters. The fraction of sp³-hybridized carbons (Fsp3) is 0.444. The van der Waals surface area contributed by atoms with Gasteiger partial charge in [-0.1, -0.05) is 13.8 Å². The minimum Gasteiger partial charge on any atom is -0.252 e. The van der Waals surface area contributed by atoms with E-state index in [1.807, 2.05) is 12.4 Å². The molecule has 2 rings (SSSR count). The Morgan fingerprint density at radius 3 is 3.00 bits per heavy atom. The Kier molecular flexibility index (Phi) is 1.64. The Morgan fingerprint density at radius 1 is 1.42 bits per heavy atom. The monoisotopic (exact) mass is 161 g/mol. The van der Waals surface area contributed by atoms with Crippen molar-refractivity contribution in [2.24, 2.45) is 4.99 Å². The minimum absolute atomic E-state index is 0.448. The van der Waals surface area contributed by atoms with Crippen molar-refractivity contribution in [3.05, 3.63) is 17.6 Å². The van der Waals surface area contributed by atoms with Gasteiger partial charge in [-0.05, 0) is 5.92 Å². The number of nitrogens with zero attached hydrogens (tertiary/aromatic N) is 3. The zero-order chi connectivity index (χ0) is 8.55. The van der Waals surface area contributed by atoms with Gasteiger partial charge in [0.05, 0.1) is 17.6 Å². The first-order chi connectivity index (χ1) is 5.77. The normalized spacial score (nSPS) is 13.9. The third-order valence-corrected chi connectivity index (χ3v) is 1.93. The van der Waals surface area contributed by atoms with E-state index in [1.165, 1.54) is 0 Å². The number of aliphatic imine (C=N–C) groups is 1. The van der Waals surface area contributed by atoms with Crippen LogP contribution in [0.4, 0.5) is 5.82 Å². The summed E-state index contributed by atoms with van der Waals surface area (Å²) in [4.78, 5) is 12.8. The Labute approximate surface area is 71.6 Å². The van der Waals surface area contributed by atoms with Crippen molar-refractivity contribution in [2.75, 3.05) is 0 Å². The zero-order valence-corrected chi connectivity index (χ0v) is 7.28. The van der Waals surface area contributed by atoms with Gasteiger partial charge in [0.25, 0.3) is 0 Å². The molecule has 3 heteroatoms. The first-order valence-electron chi connectivity index (χ1n) is 4.15. The predicted octanol–water partition coefficient (Wildman–Crippen LogP) is 1.86. The molecule has 0 radical (unpaired) electrons. The quantitative estimate of drug-likeness (QED) is 0.630. The topological polar surface area (TPSA) is 38.1 Å². The Balaban J connectivity index is 2.42. The van der Waals surface area contributed by atoms with Gasteiger partial charge < -0.3 is 0 Å². The number of aromatic nitrogens is 2. The van der Waals surface area contributed by atoms with E-state index in [4.69, 9.17) is 0 Å². The van der Waals surface area contributed by atoms with Crippen LogP contribution >= 0.6 is 0 Å². The molecule has 0 amide bonds. The van der Waals surface area contributed by atoms with Crippen molar-refractivity contribution in [2.45, 2.75) is 26.2 Å². The van der Waals surface area contributed by atoms with Crippen LogP contribution in [0.25, 0.3) is 0 Å². The summed E-state index contributed by atoms with van der Waals surface area (Å²) in [7, 11) is 0. The molecule has 1 aromatic heterocycles. The molecule has 0 fully saturated rings. The number of fused-ring (bicyclic) bond motifs is 1. The van der Waals surface area contributed by atoms with Crippen molar-refractivity contribution in [3.8, 4) is 0 Å². The molecule has 0 N–H and O–H groups in total.